The van der Waals surface area contributed by atoms with Gasteiger partial charge in [0.15, 0.2) is 5.69 Å². The lowest BCUT2D eigenvalue weighted by Gasteiger charge is -2.04. The Morgan fingerprint density at radius 2 is 2.29 bits per heavy atom. The van der Waals surface area contributed by atoms with E-state index < -0.39 is 11.2 Å². The van der Waals surface area contributed by atoms with Crippen LogP contribution in [0.2, 0.25) is 0 Å². The van der Waals surface area contributed by atoms with Gasteiger partial charge >= 0.3 is 5.97 Å². The van der Waals surface area contributed by atoms with Crippen molar-refractivity contribution in [2.45, 2.75) is 17.2 Å². The van der Waals surface area contributed by atoms with Crippen LogP contribution in [0.15, 0.2) is 17.4 Å². The van der Waals surface area contributed by atoms with E-state index in [2.05, 4.69) is 9.97 Å². The van der Waals surface area contributed by atoms with Crippen molar-refractivity contribution in [1.29, 1.82) is 5.26 Å². The number of carboxylic acid groups (broad SMARTS) is 1. The standard InChI is InChI=1S/C8H7N3O2S/c1-5(8(12)13)14-7-6(4-9)10-2-3-11-7/h2-3,5H,1H3,(H,12,13). The molecule has 1 aromatic rings. The second-order valence-electron chi connectivity index (χ2n) is 2.42. The normalized spacial score (nSPS) is 11.7. The lowest BCUT2D eigenvalue weighted by molar-refractivity contribution is -0.136. The zero-order valence-corrected chi connectivity index (χ0v) is 8.15. The highest BCUT2D eigenvalue weighted by molar-refractivity contribution is 8.00. The maximum absolute atomic E-state index is 10.6. The number of nitriles is 1. The maximum Gasteiger partial charge on any atom is 0.316 e. The number of thioether (sulfide) groups is 1. The molecule has 0 amide bonds. The van der Waals surface area contributed by atoms with E-state index in [1.54, 1.807) is 0 Å². The van der Waals surface area contributed by atoms with E-state index in [1.807, 2.05) is 6.07 Å². The molecule has 1 aromatic heterocycles. The third kappa shape index (κ3) is 2.44. The van der Waals surface area contributed by atoms with Crippen LogP contribution in [0.3, 0.4) is 0 Å². The number of aliphatic carboxylic acids is 1. The van der Waals surface area contributed by atoms with Crippen LogP contribution in [0.1, 0.15) is 12.6 Å². The van der Waals surface area contributed by atoms with Crippen LogP contribution in [-0.4, -0.2) is 26.3 Å². The molecule has 0 aliphatic heterocycles. The fraction of sp³-hybridized carbons (Fsp3) is 0.250. The number of nitrogens with zero attached hydrogens (tertiary/aromatic N) is 3. The Labute approximate surface area is 84.8 Å². The molecule has 0 bridgehead atoms. The molecule has 0 aliphatic carbocycles. The molecule has 0 aromatic carbocycles. The molecule has 72 valence electrons. The van der Waals surface area contributed by atoms with E-state index in [0.29, 0.717) is 5.03 Å². The summed E-state index contributed by atoms with van der Waals surface area (Å²) in [6.45, 7) is 1.53. The average Bonchev–Trinajstić information content (AvgIpc) is 2.18. The SMILES string of the molecule is CC(Sc1nccnc1C#N)C(=O)O. The summed E-state index contributed by atoms with van der Waals surface area (Å²) in [5.74, 6) is -0.940. The van der Waals surface area contributed by atoms with E-state index in [0.717, 1.165) is 11.8 Å². The zero-order valence-electron chi connectivity index (χ0n) is 7.34. The molecule has 1 heterocycles. The highest BCUT2D eigenvalue weighted by Gasteiger charge is 2.15. The molecular weight excluding hydrogens is 202 g/mol. The van der Waals surface area contributed by atoms with Crippen LogP contribution in [0.4, 0.5) is 0 Å². The first-order chi connectivity index (χ1) is 6.65. The highest BCUT2D eigenvalue weighted by Crippen LogP contribution is 2.22. The summed E-state index contributed by atoms with van der Waals surface area (Å²) in [4.78, 5) is 18.2. The first-order valence-corrected chi connectivity index (χ1v) is 4.63. The van der Waals surface area contributed by atoms with Crippen LogP contribution in [-0.2, 0) is 4.79 Å². The van der Waals surface area contributed by atoms with Crippen LogP contribution < -0.4 is 0 Å². The molecule has 0 fully saturated rings. The lowest BCUT2D eigenvalue weighted by atomic mass is 10.5. The summed E-state index contributed by atoms with van der Waals surface area (Å²) in [5, 5.41) is 17.0. The number of aromatic nitrogens is 2. The molecule has 6 heteroatoms. The van der Waals surface area contributed by atoms with Gasteiger partial charge in [0, 0.05) is 12.4 Å². The predicted molar refractivity (Wildman–Crippen MR) is 49.7 cm³/mol. The molecule has 0 saturated heterocycles. The minimum absolute atomic E-state index is 0.158. The zero-order chi connectivity index (χ0) is 10.6. The summed E-state index contributed by atoms with van der Waals surface area (Å²) >= 11 is 1.01. The van der Waals surface area contributed by atoms with Crippen molar-refractivity contribution in [1.82, 2.24) is 9.97 Å². The Bertz CT molecular complexity index is 388. The average molecular weight is 209 g/mol. The molecule has 5 nitrogen and oxygen atoms in total. The number of hydrogen-bond donors (Lipinski definition) is 1. The third-order valence-corrected chi connectivity index (χ3v) is 2.48. The van der Waals surface area contributed by atoms with Gasteiger partial charge in [-0.25, -0.2) is 9.97 Å². The molecule has 0 spiro atoms. The Balaban J connectivity index is 2.87. The van der Waals surface area contributed by atoms with Gasteiger partial charge in [-0.3, -0.25) is 4.79 Å². The van der Waals surface area contributed by atoms with Gasteiger partial charge in [-0.2, -0.15) is 5.26 Å². The first-order valence-electron chi connectivity index (χ1n) is 3.75. The smallest absolute Gasteiger partial charge is 0.316 e. The summed E-state index contributed by atoms with van der Waals surface area (Å²) < 4.78 is 0. The van der Waals surface area contributed by atoms with Crippen LogP contribution in [0, 0.1) is 11.3 Å². The molecule has 1 atom stereocenters. The van der Waals surface area contributed by atoms with Crippen LogP contribution >= 0.6 is 11.8 Å². The van der Waals surface area contributed by atoms with E-state index in [4.69, 9.17) is 10.4 Å². The fourth-order valence-electron chi connectivity index (χ4n) is 0.706. The van der Waals surface area contributed by atoms with Crippen molar-refractivity contribution in [2.24, 2.45) is 0 Å². The Morgan fingerprint density at radius 1 is 1.64 bits per heavy atom. The number of carboxylic acids is 1. The fourth-order valence-corrected chi connectivity index (χ4v) is 1.47. The van der Waals surface area contributed by atoms with Crippen LogP contribution in [0.5, 0.6) is 0 Å². The van der Waals surface area contributed by atoms with E-state index in [9.17, 15) is 4.79 Å². The molecule has 14 heavy (non-hydrogen) atoms. The minimum Gasteiger partial charge on any atom is -0.480 e. The molecule has 1 rings (SSSR count). The largest absolute Gasteiger partial charge is 0.480 e. The molecule has 1 unspecified atom stereocenters. The van der Waals surface area contributed by atoms with Gasteiger partial charge in [0.1, 0.15) is 16.3 Å². The second kappa shape index (κ2) is 4.58. The van der Waals surface area contributed by atoms with Crippen molar-refractivity contribution in [3.05, 3.63) is 18.1 Å². The van der Waals surface area contributed by atoms with Gasteiger partial charge in [-0.05, 0) is 6.92 Å². The molecule has 1 N–H and O–H groups in total. The maximum atomic E-state index is 10.6. The monoisotopic (exact) mass is 209 g/mol. The van der Waals surface area contributed by atoms with Gasteiger partial charge in [0.2, 0.25) is 0 Å². The second-order valence-corrected chi connectivity index (χ2v) is 3.75. The van der Waals surface area contributed by atoms with Crippen molar-refractivity contribution < 1.29 is 9.90 Å². The summed E-state index contributed by atoms with van der Waals surface area (Å²) in [6, 6.07) is 1.85. The third-order valence-electron chi connectivity index (χ3n) is 1.41. The van der Waals surface area contributed by atoms with Crippen molar-refractivity contribution in [3.63, 3.8) is 0 Å². The minimum atomic E-state index is -0.940. The Morgan fingerprint density at radius 3 is 2.86 bits per heavy atom. The topological polar surface area (TPSA) is 86.9 Å². The van der Waals surface area contributed by atoms with E-state index in [1.165, 1.54) is 19.3 Å². The number of hydrogen-bond acceptors (Lipinski definition) is 5. The van der Waals surface area contributed by atoms with Crippen molar-refractivity contribution in [3.8, 4) is 6.07 Å². The van der Waals surface area contributed by atoms with Crippen molar-refractivity contribution in [2.75, 3.05) is 0 Å². The quantitative estimate of drug-likeness (QED) is 0.744. The van der Waals surface area contributed by atoms with Gasteiger partial charge in [-0.1, -0.05) is 11.8 Å². The molecular formula is C8H7N3O2S. The predicted octanol–water partition coefficient (Wildman–Crippen LogP) is 0.913. The lowest BCUT2D eigenvalue weighted by Crippen LogP contribution is -2.12. The van der Waals surface area contributed by atoms with Crippen LogP contribution in [0.25, 0.3) is 0 Å². The van der Waals surface area contributed by atoms with Gasteiger partial charge in [0.05, 0.1) is 0 Å². The first kappa shape index (κ1) is 10.5. The molecule has 0 aliphatic rings. The van der Waals surface area contributed by atoms with Gasteiger partial charge < -0.3 is 5.11 Å². The number of carbonyl (C=O) groups is 1. The Kier molecular flexibility index (Phi) is 3.42. The molecule has 0 saturated carbocycles. The highest BCUT2D eigenvalue weighted by atomic mass is 32.2. The van der Waals surface area contributed by atoms with Gasteiger partial charge in [-0.15, -0.1) is 0 Å². The number of rotatable bonds is 3. The summed E-state index contributed by atoms with van der Waals surface area (Å²) in [5.41, 5.74) is 0.158. The van der Waals surface area contributed by atoms with E-state index in [-0.39, 0.29) is 5.69 Å². The summed E-state index contributed by atoms with van der Waals surface area (Å²) in [6.07, 6.45) is 2.83. The van der Waals surface area contributed by atoms with Crippen molar-refractivity contribution >= 4 is 17.7 Å². The Hall–Kier alpha value is -1.61. The summed E-state index contributed by atoms with van der Waals surface area (Å²) in [7, 11) is 0. The molecule has 0 radical (unpaired) electrons. The van der Waals surface area contributed by atoms with Gasteiger partial charge in [0.25, 0.3) is 0 Å². The van der Waals surface area contributed by atoms with E-state index >= 15 is 0 Å².